The number of methoxy groups -OCH3 is 2. The van der Waals surface area contributed by atoms with E-state index in [4.69, 9.17) is 18.3 Å². The third-order valence-electron chi connectivity index (χ3n) is 3.54. The molecule has 0 saturated heterocycles. The molecule has 0 N–H and O–H groups in total. The van der Waals surface area contributed by atoms with E-state index in [2.05, 4.69) is 27.3 Å². The zero-order valence-electron chi connectivity index (χ0n) is 14.9. The van der Waals surface area contributed by atoms with Gasteiger partial charge in [0, 0.05) is 6.42 Å². The molecule has 26 heavy (non-hydrogen) atoms. The number of aromatic nitrogens is 4. The Morgan fingerprint density at radius 1 is 0.923 bits per heavy atom. The predicted octanol–water partition coefficient (Wildman–Crippen LogP) is 3.31. The highest BCUT2D eigenvalue weighted by Gasteiger charge is 2.12. The Hall–Kier alpha value is -2.55. The van der Waals surface area contributed by atoms with Gasteiger partial charge in [-0.05, 0) is 24.1 Å². The van der Waals surface area contributed by atoms with Crippen LogP contribution in [0.4, 0.5) is 0 Å². The molecule has 2 heterocycles. The van der Waals surface area contributed by atoms with Gasteiger partial charge in [-0.2, -0.15) is 0 Å². The van der Waals surface area contributed by atoms with E-state index in [1.54, 1.807) is 14.2 Å². The Balaban J connectivity index is 1.59. The first-order valence-electron chi connectivity index (χ1n) is 8.19. The summed E-state index contributed by atoms with van der Waals surface area (Å²) in [5.41, 5.74) is 0.990. The Bertz CT molecular complexity index is 849. The van der Waals surface area contributed by atoms with Crippen molar-refractivity contribution in [1.82, 2.24) is 20.4 Å². The number of aryl methyl sites for hydroxylation is 1. The fourth-order valence-corrected chi connectivity index (χ4v) is 2.94. The molecule has 3 aromatic rings. The van der Waals surface area contributed by atoms with Crippen molar-refractivity contribution in [3.63, 3.8) is 0 Å². The lowest BCUT2D eigenvalue weighted by Crippen LogP contribution is -1.94. The largest absolute Gasteiger partial charge is 0.493 e. The third-order valence-corrected chi connectivity index (χ3v) is 4.35. The van der Waals surface area contributed by atoms with Crippen molar-refractivity contribution in [2.75, 3.05) is 14.2 Å². The molecule has 0 aliphatic heterocycles. The zero-order chi connectivity index (χ0) is 18.4. The molecule has 0 fully saturated rings. The summed E-state index contributed by atoms with van der Waals surface area (Å²) in [7, 11) is 3.21. The van der Waals surface area contributed by atoms with Gasteiger partial charge in [0.15, 0.2) is 11.5 Å². The topological polar surface area (TPSA) is 96.3 Å². The normalized spacial score (nSPS) is 10.9. The van der Waals surface area contributed by atoms with Crippen LogP contribution in [-0.4, -0.2) is 34.6 Å². The van der Waals surface area contributed by atoms with Gasteiger partial charge in [0.05, 0.1) is 26.4 Å². The standard InChI is InChI=1S/C17H20N4O4S/c1-4-5-14-18-20-16(24-14)10-26-17-21-19-15(25-17)9-11-6-7-12(22-2)13(8-11)23-3/h6-8H,4-5,9-10H2,1-3H3. The van der Waals surface area contributed by atoms with Crippen LogP contribution in [0.25, 0.3) is 0 Å². The lowest BCUT2D eigenvalue weighted by molar-refractivity contribution is 0.354. The van der Waals surface area contributed by atoms with Crippen molar-refractivity contribution in [2.45, 2.75) is 37.2 Å². The molecule has 0 aliphatic carbocycles. The summed E-state index contributed by atoms with van der Waals surface area (Å²) in [4.78, 5) is 0. The van der Waals surface area contributed by atoms with E-state index in [1.165, 1.54) is 11.8 Å². The summed E-state index contributed by atoms with van der Waals surface area (Å²) in [6.07, 6.45) is 2.26. The molecule has 138 valence electrons. The summed E-state index contributed by atoms with van der Waals surface area (Å²) >= 11 is 1.37. The van der Waals surface area contributed by atoms with E-state index in [0.29, 0.717) is 46.6 Å². The molecule has 9 heteroatoms. The molecule has 0 amide bonds. The Morgan fingerprint density at radius 2 is 1.69 bits per heavy atom. The molecule has 2 aromatic heterocycles. The van der Waals surface area contributed by atoms with Crippen LogP contribution in [0, 0.1) is 0 Å². The van der Waals surface area contributed by atoms with Crippen molar-refractivity contribution < 1.29 is 18.3 Å². The van der Waals surface area contributed by atoms with Gasteiger partial charge in [0.2, 0.25) is 17.7 Å². The summed E-state index contributed by atoms with van der Waals surface area (Å²) in [5, 5.41) is 16.6. The number of ether oxygens (including phenoxy) is 2. The molecule has 0 atom stereocenters. The Labute approximate surface area is 155 Å². The van der Waals surface area contributed by atoms with Crippen LogP contribution in [0.2, 0.25) is 0 Å². The predicted molar refractivity (Wildman–Crippen MR) is 94.5 cm³/mol. The molecular weight excluding hydrogens is 356 g/mol. The minimum atomic E-state index is 0.468. The molecule has 0 aliphatic rings. The van der Waals surface area contributed by atoms with Gasteiger partial charge >= 0.3 is 0 Å². The second kappa shape index (κ2) is 8.70. The Kier molecular flexibility index (Phi) is 6.11. The van der Waals surface area contributed by atoms with Crippen molar-refractivity contribution >= 4 is 11.8 Å². The van der Waals surface area contributed by atoms with E-state index in [-0.39, 0.29) is 0 Å². The van der Waals surface area contributed by atoms with Gasteiger partial charge in [-0.3, -0.25) is 0 Å². The van der Waals surface area contributed by atoms with Gasteiger partial charge in [0.25, 0.3) is 5.22 Å². The number of hydrogen-bond donors (Lipinski definition) is 0. The summed E-state index contributed by atoms with van der Waals surface area (Å²) in [6.45, 7) is 2.07. The fraction of sp³-hybridized carbons (Fsp3) is 0.412. The number of thioether (sulfide) groups is 1. The summed E-state index contributed by atoms with van der Waals surface area (Å²) in [5.74, 6) is 3.57. The zero-order valence-corrected chi connectivity index (χ0v) is 15.7. The molecule has 0 bridgehead atoms. The van der Waals surface area contributed by atoms with Crippen molar-refractivity contribution in [2.24, 2.45) is 0 Å². The average molecular weight is 376 g/mol. The number of hydrogen-bond acceptors (Lipinski definition) is 9. The fourth-order valence-electron chi connectivity index (χ4n) is 2.32. The molecule has 0 radical (unpaired) electrons. The highest BCUT2D eigenvalue weighted by Crippen LogP contribution is 2.29. The summed E-state index contributed by atoms with van der Waals surface area (Å²) in [6, 6.07) is 5.68. The number of rotatable bonds is 9. The van der Waals surface area contributed by atoms with Crippen LogP contribution in [-0.2, 0) is 18.6 Å². The molecule has 0 spiro atoms. The van der Waals surface area contributed by atoms with E-state index in [0.717, 1.165) is 18.4 Å². The number of benzene rings is 1. The van der Waals surface area contributed by atoms with Crippen LogP contribution in [0.1, 0.15) is 36.6 Å². The van der Waals surface area contributed by atoms with Crippen molar-refractivity contribution in [3.8, 4) is 11.5 Å². The van der Waals surface area contributed by atoms with Gasteiger partial charge in [-0.15, -0.1) is 20.4 Å². The van der Waals surface area contributed by atoms with Gasteiger partial charge in [-0.25, -0.2) is 0 Å². The highest BCUT2D eigenvalue weighted by atomic mass is 32.2. The van der Waals surface area contributed by atoms with Crippen LogP contribution >= 0.6 is 11.8 Å². The first-order valence-corrected chi connectivity index (χ1v) is 9.17. The smallest absolute Gasteiger partial charge is 0.277 e. The van der Waals surface area contributed by atoms with Gasteiger partial charge in [0.1, 0.15) is 0 Å². The number of nitrogens with zero attached hydrogens (tertiary/aromatic N) is 4. The lowest BCUT2D eigenvalue weighted by Gasteiger charge is -2.08. The first kappa shape index (κ1) is 18.2. The van der Waals surface area contributed by atoms with E-state index < -0.39 is 0 Å². The first-order chi connectivity index (χ1) is 12.7. The van der Waals surface area contributed by atoms with Crippen molar-refractivity contribution in [3.05, 3.63) is 41.4 Å². The minimum Gasteiger partial charge on any atom is -0.493 e. The van der Waals surface area contributed by atoms with Crippen molar-refractivity contribution in [1.29, 1.82) is 0 Å². The monoisotopic (exact) mass is 376 g/mol. The molecule has 3 rings (SSSR count). The second-order valence-corrected chi connectivity index (χ2v) is 6.38. The van der Waals surface area contributed by atoms with E-state index >= 15 is 0 Å². The third kappa shape index (κ3) is 4.54. The average Bonchev–Trinajstić information content (AvgIpc) is 3.29. The molecular formula is C17H20N4O4S. The second-order valence-electron chi connectivity index (χ2n) is 5.46. The molecule has 0 saturated carbocycles. The molecule has 1 aromatic carbocycles. The van der Waals surface area contributed by atoms with E-state index in [1.807, 2.05) is 18.2 Å². The molecule has 0 unspecified atom stereocenters. The van der Waals surface area contributed by atoms with Crippen LogP contribution in [0.3, 0.4) is 0 Å². The van der Waals surface area contributed by atoms with Crippen LogP contribution in [0.15, 0.2) is 32.3 Å². The SMILES string of the molecule is CCCc1nnc(CSc2nnc(Cc3ccc(OC)c(OC)c3)o2)o1. The lowest BCUT2D eigenvalue weighted by atomic mass is 10.1. The highest BCUT2D eigenvalue weighted by molar-refractivity contribution is 7.98. The maximum Gasteiger partial charge on any atom is 0.277 e. The Morgan fingerprint density at radius 3 is 2.46 bits per heavy atom. The maximum absolute atomic E-state index is 5.67. The van der Waals surface area contributed by atoms with Crippen LogP contribution < -0.4 is 9.47 Å². The van der Waals surface area contributed by atoms with Gasteiger partial charge in [-0.1, -0.05) is 24.8 Å². The quantitative estimate of drug-likeness (QED) is 0.521. The van der Waals surface area contributed by atoms with Gasteiger partial charge < -0.3 is 18.3 Å². The molecule has 8 nitrogen and oxygen atoms in total. The van der Waals surface area contributed by atoms with E-state index in [9.17, 15) is 0 Å². The maximum atomic E-state index is 5.67. The minimum absolute atomic E-state index is 0.468. The summed E-state index contributed by atoms with van der Waals surface area (Å²) < 4.78 is 21.8. The van der Waals surface area contributed by atoms with Crippen LogP contribution in [0.5, 0.6) is 11.5 Å².